The number of esters is 1. The first-order chi connectivity index (χ1) is 15.8. The molecule has 33 heavy (non-hydrogen) atoms. The first-order valence-corrected chi connectivity index (χ1v) is 12.4. The van der Waals surface area contributed by atoms with Crippen LogP contribution in [0.25, 0.3) is 22.2 Å². The number of pyridine rings is 1. The maximum Gasteiger partial charge on any atom is 0.339 e. The van der Waals surface area contributed by atoms with Crippen molar-refractivity contribution in [3.05, 3.63) is 66.0 Å². The van der Waals surface area contributed by atoms with Gasteiger partial charge in [0.15, 0.2) is 16.4 Å². The van der Waals surface area contributed by atoms with Crippen molar-refractivity contribution in [2.75, 3.05) is 24.7 Å². The summed E-state index contributed by atoms with van der Waals surface area (Å²) in [4.78, 5) is 31.7. The average Bonchev–Trinajstić information content (AvgIpc) is 3.16. The topological polar surface area (TPSA) is 93.6 Å². The van der Waals surface area contributed by atoms with E-state index in [0.717, 1.165) is 0 Å². The molecule has 4 rings (SSSR count). The van der Waals surface area contributed by atoms with Gasteiger partial charge in [-0.05, 0) is 49.7 Å². The summed E-state index contributed by atoms with van der Waals surface area (Å²) in [5.41, 5.74) is 1.90. The molecule has 1 amide bonds. The molecule has 2 aromatic carbocycles. The first-order valence-electron chi connectivity index (χ1n) is 10.6. The van der Waals surface area contributed by atoms with Gasteiger partial charge in [-0.3, -0.25) is 4.79 Å². The van der Waals surface area contributed by atoms with Gasteiger partial charge in [-0.1, -0.05) is 18.2 Å². The van der Waals surface area contributed by atoms with Gasteiger partial charge in [0, 0.05) is 23.5 Å². The number of halogens is 1. The zero-order valence-corrected chi connectivity index (χ0v) is 18.8. The van der Waals surface area contributed by atoms with Crippen molar-refractivity contribution in [2.24, 2.45) is 0 Å². The lowest BCUT2D eigenvalue weighted by Gasteiger charge is -2.26. The van der Waals surface area contributed by atoms with Crippen LogP contribution in [-0.2, 0) is 19.4 Å². The third-order valence-electron chi connectivity index (χ3n) is 5.71. The van der Waals surface area contributed by atoms with E-state index in [-0.39, 0.29) is 22.9 Å². The smallest absolute Gasteiger partial charge is 0.339 e. The first kappa shape index (κ1) is 22.8. The lowest BCUT2D eigenvalue weighted by Crippen LogP contribution is -2.43. The molecule has 0 radical (unpaired) electrons. The molecule has 0 spiro atoms. The van der Waals surface area contributed by atoms with Crippen LogP contribution in [0.5, 0.6) is 0 Å². The fourth-order valence-corrected chi connectivity index (χ4v) is 5.79. The summed E-state index contributed by atoms with van der Waals surface area (Å²) in [6, 6.07) is 14.0. The predicted molar refractivity (Wildman–Crippen MR) is 122 cm³/mol. The zero-order chi connectivity index (χ0) is 23.6. The zero-order valence-electron chi connectivity index (χ0n) is 18.0. The second-order valence-corrected chi connectivity index (χ2v) is 10.1. The Bertz CT molecular complexity index is 1310. The number of hydrogen-bond acceptors (Lipinski definition) is 6. The van der Waals surface area contributed by atoms with E-state index >= 15 is 0 Å². The molecular weight excluding hydrogens is 447 g/mol. The number of sulfone groups is 1. The van der Waals surface area contributed by atoms with Crippen LogP contribution in [0.2, 0.25) is 0 Å². The highest BCUT2D eigenvalue weighted by molar-refractivity contribution is 7.91. The highest BCUT2D eigenvalue weighted by Crippen LogP contribution is 2.26. The van der Waals surface area contributed by atoms with Crippen molar-refractivity contribution in [3.8, 4) is 11.3 Å². The van der Waals surface area contributed by atoms with E-state index in [9.17, 15) is 22.4 Å². The van der Waals surface area contributed by atoms with Gasteiger partial charge in [-0.15, -0.1) is 0 Å². The van der Waals surface area contributed by atoms with E-state index in [1.807, 2.05) is 0 Å². The minimum absolute atomic E-state index is 0.0520. The van der Waals surface area contributed by atoms with Crippen molar-refractivity contribution in [1.29, 1.82) is 0 Å². The summed E-state index contributed by atoms with van der Waals surface area (Å²) in [5, 5.41) is 0.565. The molecule has 1 saturated heterocycles. The second-order valence-electron chi connectivity index (χ2n) is 7.89. The number of para-hydroxylation sites is 1. The van der Waals surface area contributed by atoms with Crippen LogP contribution >= 0.6 is 0 Å². The minimum Gasteiger partial charge on any atom is -0.452 e. The van der Waals surface area contributed by atoms with Gasteiger partial charge in [-0.25, -0.2) is 22.6 Å². The van der Waals surface area contributed by atoms with E-state index in [0.29, 0.717) is 35.1 Å². The van der Waals surface area contributed by atoms with Crippen LogP contribution in [0.4, 0.5) is 4.39 Å². The van der Waals surface area contributed by atoms with Gasteiger partial charge in [0.1, 0.15) is 5.82 Å². The van der Waals surface area contributed by atoms with Crippen LogP contribution < -0.4 is 0 Å². The van der Waals surface area contributed by atoms with Crippen molar-refractivity contribution in [2.45, 2.75) is 19.4 Å². The molecule has 0 N–H and O–H groups in total. The third-order valence-corrected chi connectivity index (χ3v) is 7.46. The average molecular weight is 471 g/mol. The van der Waals surface area contributed by atoms with Crippen LogP contribution in [-0.4, -0.2) is 60.9 Å². The number of rotatable bonds is 6. The lowest BCUT2D eigenvalue weighted by molar-refractivity contribution is -0.136. The SMILES string of the molecule is CCN(C(=O)COC(=O)c1cc(-c2ccc(F)cc2)nc2ccccc12)C1CCS(=O)(=O)C1. The molecule has 9 heteroatoms. The molecule has 1 atom stereocenters. The molecule has 0 saturated carbocycles. The van der Waals surface area contributed by atoms with Gasteiger partial charge >= 0.3 is 5.97 Å². The maximum atomic E-state index is 13.3. The summed E-state index contributed by atoms with van der Waals surface area (Å²) in [6.07, 6.45) is 0.381. The van der Waals surface area contributed by atoms with Crippen LogP contribution in [0.15, 0.2) is 54.6 Å². The van der Waals surface area contributed by atoms with Crippen molar-refractivity contribution >= 4 is 32.6 Å². The van der Waals surface area contributed by atoms with Gasteiger partial charge < -0.3 is 9.64 Å². The molecule has 2 heterocycles. The molecule has 0 bridgehead atoms. The summed E-state index contributed by atoms with van der Waals surface area (Å²) >= 11 is 0. The largest absolute Gasteiger partial charge is 0.452 e. The number of fused-ring (bicyclic) bond motifs is 1. The quantitative estimate of drug-likeness (QED) is 0.514. The maximum absolute atomic E-state index is 13.3. The minimum atomic E-state index is -3.15. The standard InChI is InChI=1S/C24H23FN2O5S/c1-2-27(18-11-12-33(30,31)15-18)23(28)14-32-24(29)20-13-22(16-7-9-17(25)10-8-16)26-21-6-4-3-5-19(20)21/h3-10,13,18H,2,11-12,14-15H2,1H3. The van der Waals surface area contributed by atoms with Gasteiger partial charge in [0.25, 0.3) is 5.91 Å². The highest BCUT2D eigenvalue weighted by atomic mass is 32.2. The number of aromatic nitrogens is 1. The number of carbonyl (C=O) groups excluding carboxylic acids is 2. The van der Waals surface area contributed by atoms with Crippen LogP contribution in [0.3, 0.4) is 0 Å². The Labute approximate surface area is 191 Å². The van der Waals surface area contributed by atoms with E-state index in [1.54, 1.807) is 49.4 Å². The van der Waals surface area contributed by atoms with Gasteiger partial charge in [0.2, 0.25) is 0 Å². The summed E-state index contributed by atoms with van der Waals surface area (Å²) in [5.74, 6) is -1.54. The molecule has 7 nitrogen and oxygen atoms in total. The summed E-state index contributed by atoms with van der Waals surface area (Å²) in [6.45, 7) is 1.59. The van der Waals surface area contributed by atoms with E-state index < -0.39 is 34.4 Å². The number of hydrogen-bond donors (Lipinski definition) is 0. The Hall–Kier alpha value is -3.33. The normalized spacial score (nSPS) is 17.1. The lowest BCUT2D eigenvalue weighted by atomic mass is 10.0. The van der Waals surface area contributed by atoms with Crippen molar-refractivity contribution in [1.82, 2.24) is 9.88 Å². The molecule has 172 valence electrons. The number of ether oxygens (including phenoxy) is 1. The Kier molecular flexibility index (Phi) is 6.42. The molecule has 1 aliphatic rings. The van der Waals surface area contributed by atoms with E-state index in [1.165, 1.54) is 17.0 Å². The van der Waals surface area contributed by atoms with Gasteiger partial charge in [-0.2, -0.15) is 0 Å². The Morgan fingerprint density at radius 2 is 1.88 bits per heavy atom. The van der Waals surface area contributed by atoms with Crippen LogP contribution in [0, 0.1) is 5.82 Å². The number of amides is 1. The Balaban J connectivity index is 1.56. The van der Waals surface area contributed by atoms with E-state index in [2.05, 4.69) is 4.98 Å². The molecule has 0 aliphatic carbocycles. The molecular formula is C24H23FN2O5S. The monoisotopic (exact) mass is 470 g/mol. The summed E-state index contributed by atoms with van der Waals surface area (Å²) in [7, 11) is -3.15. The fraction of sp³-hybridized carbons (Fsp3) is 0.292. The predicted octanol–water partition coefficient (Wildman–Crippen LogP) is 3.23. The van der Waals surface area contributed by atoms with Crippen LogP contribution in [0.1, 0.15) is 23.7 Å². The fourth-order valence-electron chi connectivity index (χ4n) is 4.06. The Morgan fingerprint density at radius 1 is 1.15 bits per heavy atom. The highest BCUT2D eigenvalue weighted by Gasteiger charge is 2.34. The summed E-state index contributed by atoms with van der Waals surface area (Å²) < 4.78 is 42.2. The molecule has 1 aromatic heterocycles. The molecule has 3 aromatic rings. The van der Waals surface area contributed by atoms with Crippen molar-refractivity contribution < 1.29 is 27.1 Å². The van der Waals surface area contributed by atoms with Gasteiger partial charge in [0.05, 0.1) is 28.3 Å². The van der Waals surface area contributed by atoms with Crippen molar-refractivity contribution in [3.63, 3.8) is 0 Å². The second kappa shape index (κ2) is 9.27. The third kappa shape index (κ3) is 5.03. The number of carbonyl (C=O) groups is 2. The number of likely N-dealkylation sites (N-methyl/N-ethyl adjacent to an activating group) is 1. The number of benzene rings is 2. The Morgan fingerprint density at radius 3 is 2.55 bits per heavy atom. The van der Waals surface area contributed by atoms with E-state index in [4.69, 9.17) is 4.74 Å². The number of nitrogens with zero attached hydrogens (tertiary/aromatic N) is 2. The molecule has 1 unspecified atom stereocenters. The molecule has 1 aliphatic heterocycles. The molecule has 1 fully saturated rings.